The molecule has 7 rings (SSSR count). The molecule has 0 radical (unpaired) electrons. The first-order valence-electron chi connectivity index (χ1n) is 20.7. The average Bonchev–Trinajstić information content (AvgIpc) is 4.01. The van der Waals surface area contributed by atoms with E-state index >= 15 is 0 Å². The van der Waals surface area contributed by atoms with E-state index in [-0.39, 0.29) is 10.8 Å². The topological polar surface area (TPSA) is 30.7 Å². The molecule has 0 bridgehead atoms. The summed E-state index contributed by atoms with van der Waals surface area (Å²) < 4.78 is 12.4. The van der Waals surface area contributed by atoms with Crippen molar-refractivity contribution in [3.8, 4) is 31.3 Å². The Balaban J connectivity index is 1.24. The maximum Gasteiger partial charge on any atom is 0.114 e. The molecule has 7 aromatic rings. The highest BCUT2D eigenvalue weighted by Gasteiger charge is 2.26. The van der Waals surface area contributed by atoms with Crippen LogP contribution in [0.25, 0.3) is 64.2 Å². The van der Waals surface area contributed by atoms with Crippen molar-refractivity contribution < 1.29 is 0 Å². The second-order valence-electron chi connectivity index (χ2n) is 16.6. The Morgan fingerprint density at radius 2 is 1.24 bits per heavy atom. The third-order valence-electron chi connectivity index (χ3n) is 12.5. The summed E-state index contributed by atoms with van der Waals surface area (Å²) in [5.41, 5.74) is 10.3. The SMILES string of the molecule is CCCCCCCCC(C)n1c2cc(-c3ccc(-c4ccc(-c5ccc(C(C)(C)CCC)s5)c5nsnc45)s3)ccc2c2ccc(C(C)(CC)CC)cc21. The van der Waals surface area contributed by atoms with E-state index in [0.29, 0.717) is 6.04 Å². The lowest BCUT2D eigenvalue weighted by Crippen LogP contribution is -2.19. The summed E-state index contributed by atoms with van der Waals surface area (Å²) in [5, 5.41) is 2.74. The molecule has 3 aromatic carbocycles. The lowest BCUT2D eigenvalue weighted by atomic mass is 9.77. The van der Waals surface area contributed by atoms with Crippen molar-refractivity contribution in [1.29, 1.82) is 0 Å². The molecule has 54 heavy (non-hydrogen) atoms. The molecule has 0 aliphatic carbocycles. The number of hydrogen-bond donors (Lipinski definition) is 0. The highest BCUT2D eigenvalue weighted by Crippen LogP contribution is 2.45. The monoisotopic (exact) mass is 773 g/mol. The summed E-state index contributed by atoms with van der Waals surface area (Å²) in [4.78, 5) is 5.25. The fraction of sp³-hybridized carbons (Fsp3) is 0.458. The summed E-state index contributed by atoms with van der Waals surface area (Å²) in [6, 6.07) is 28.7. The molecule has 4 heterocycles. The zero-order chi connectivity index (χ0) is 38.0. The molecule has 284 valence electrons. The van der Waals surface area contributed by atoms with Crippen LogP contribution in [0.1, 0.15) is 143 Å². The standard InChI is InChI=1S/C48H59N3S3/c1-9-13-14-15-16-17-18-32(5)51-39-30-33(19-21-35(39)36-22-20-34(31-40(36)51)48(8,11-3)12-4)41-25-26-42(52-41)37-23-24-38(46-45(37)49-54-50-46)43-27-28-44(53-43)47(6,7)29-10-2/h19-28,30-32H,9-18,29H2,1-8H3. The van der Waals surface area contributed by atoms with Crippen LogP contribution < -0.4 is 0 Å². The number of rotatable bonds is 17. The van der Waals surface area contributed by atoms with E-state index in [2.05, 4.69) is 133 Å². The molecule has 4 aromatic heterocycles. The lowest BCUT2D eigenvalue weighted by Gasteiger charge is -2.28. The Kier molecular flexibility index (Phi) is 11.8. The molecular formula is C48H59N3S3. The van der Waals surface area contributed by atoms with E-state index < -0.39 is 0 Å². The van der Waals surface area contributed by atoms with Crippen LogP contribution in [-0.2, 0) is 10.8 Å². The van der Waals surface area contributed by atoms with Crippen molar-refractivity contribution in [1.82, 2.24) is 13.3 Å². The van der Waals surface area contributed by atoms with Gasteiger partial charge in [-0.2, -0.15) is 8.75 Å². The predicted octanol–water partition coefficient (Wildman–Crippen LogP) is 16.4. The van der Waals surface area contributed by atoms with Gasteiger partial charge in [0.25, 0.3) is 0 Å². The first kappa shape index (κ1) is 38.9. The molecule has 0 amide bonds. The molecule has 0 fully saturated rings. The average molecular weight is 774 g/mol. The molecule has 1 unspecified atom stereocenters. The Hall–Kier alpha value is -3.32. The van der Waals surface area contributed by atoms with Gasteiger partial charge in [-0.15, -0.1) is 22.7 Å². The third-order valence-corrected chi connectivity index (χ3v) is 15.6. The maximum absolute atomic E-state index is 4.86. The number of unbranched alkanes of at least 4 members (excludes halogenated alkanes) is 5. The highest BCUT2D eigenvalue weighted by molar-refractivity contribution is 7.19. The lowest BCUT2D eigenvalue weighted by molar-refractivity contribution is 0.439. The molecule has 1 atom stereocenters. The summed E-state index contributed by atoms with van der Waals surface area (Å²) in [6.45, 7) is 18.9. The Morgan fingerprint density at radius 1 is 0.630 bits per heavy atom. The molecular weight excluding hydrogens is 715 g/mol. The Labute approximate surface area is 336 Å². The van der Waals surface area contributed by atoms with Gasteiger partial charge in [-0.1, -0.05) is 130 Å². The molecule has 0 saturated carbocycles. The van der Waals surface area contributed by atoms with E-state index in [0.717, 1.165) is 23.9 Å². The molecule has 0 aliphatic heterocycles. The van der Waals surface area contributed by atoms with Crippen LogP contribution >= 0.6 is 34.4 Å². The minimum absolute atomic E-state index is 0.183. The Morgan fingerprint density at radius 3 is 1.93 bits per heavy atom. The van der Waals surface area contributed by atoms with E-state index in [1.807, 2.05) is 22.7 Å². The van der Waals surface area contributed by atoms with Crippen molar-refractivity contribution in [3.63, 3.8) is 0 Å². The minimum Gasteiger partial charge on any atom is -0.338 e. The summed E-state index contributed by atoms with van der Waals surface area (Å²) in [7, 11) is 0. The van der Waals surface area contributed by atoms with Crippen LogP contribution in [0, 0.1) is 0 Å². The molecule has 0 spiro atoms. The number of nitrogens with zero attached hydrogens (tertiary/aromatic N) is 3. The fourth-order valence-corrected chi connectivity index (χ4v) is 11.3. The number of benzene rings is 3. The second kappa shape index (κ2) is 16.4. The smallest absolute Gasteiger partial charge is 0.114 e. The Bertz CT molecular complexity index is 2340. The molecule has 0 N–H and O–H groups in total. The van der Waals surface area contributed by atoms with Crippen LogP contribution in [0.5, 0.6) is 0 Å². The first-order chi connectivity index (χ1) is 26.1. The van der Waals surface area contributed by atoms with E-state index in [1.54, 1.807) is 0 Å². The van der Waals surface area contributed by atoms with Gasteiger partial charge in [0.1, 0.15) is 11.0 Å². The second-order valence-corrected chi connectivity index (χ2v) is 19.3. The first-order valence-corrected chi connectivity index (χ1v) is 23.0. The maximum atomic E-state index is 4.86. The predicted molar refractivity (Wildman–Crippen MR) is 241 cm³/mol. The van der Waals surface area contributed by atoms with Crippen LogP contribution in [-0.4, -0.2) is 13.3 Å². The van der Waals surface area contributed by atoms with Gasteiger partial charge >= 0.3 is 0 Å². The normalized spacial score (nSPS) is 13.2. The summed E-state index contributed by atoms with van der Waals surface area (Å²) in [6.07, 6.45) is 13.9. The van der Waals surface area contributed by atoms with Gasteiger partial charge in [0.05, 0.1) is 11.7 Å². The van der Waals surface area contributed by atoms with Crippen molar-refractivity contribution in [2.75, 3.05) is 0 Å². The van der Waals surface area contributed by atoms with Crippen molar-refractivity contribution in [2.45, 2.75) is 143 Å². The molecule has 6 heteroatoms. The van der Waals surface area contributed by atoms with Gasteiger partial charge in [0.15, 0.2) is 0 Å². The minimum atomic E-state index is 0.183. The molecule has 0 aliphatic rings. The number of fused-ring (bicyclic) bond motifs is 4. The number of aromatic nitrogens is 3. The summed E-state index contributed by atoms with van der Waals surface area (Å²) in [5.74, 6) is 0. The zero-order valence-electron chi connectivity index (χ0n) is 33.9. The summed E-state index contributed by atoms with van der Waals surface area (Å²) >= 11 is 5.10. The zero-order valence-corrected chi connectivity index (χ0v) is 36.3. The number of hydrogen-bond acceptors (Lipinski definition) is 5. The van der Waals surface area contributed by atoms with Crippen LogP contribution in [0.3, 0.4) is 0 Å². The third kappa shape index (κ3) is 7.47. The van der Waals surface area contributed by atoms with Gasteiger partial charge in [0, 0.05) is 58.5 Å². The van der Waals surface area contributed by atoms with Gasteiger partial charge in [-0.3, -0.25) is 0 Å². The molecule has 0 saturated heterocycles. The fourth-order valence-electron chi connectivity index (χ4n) is 8.55. The van der Waals surface area contributed by atoms with Gasteiger partial charge in [-0.25, -0.2) is 0 Å². The van der Waals surface area contributed by atoms with E-state index in [4.69, 9.17) is 8.75 Å². The van der Waals surface area contributed by atoms with Gasteiger partial charge in [-0.05, 0) is 91.0 Å². The van der Waals surface area contributed by atoms with E-state index in [1.165, 1.54) is 133 Å². The van der Waals surface area contributed by atoms with Crippen molar-refractivity contribution in [3.05, 3.63) is 83.2 Å². The molecule has 3 nitrogen and oxygen atoms in total. The van der Waals surface area contributed by atoms with Crippen LogP contribution in [0.4, 0.5) is 0 Å². The quantitative estimate of drug-likeness (QED) is 0.0863. The van der Waals surface area contributed by atoms with Crippen molar-refractivity contribution >= 4 is 67.2 Å². The van der Waals surface area contributed by atoms with E-state index in [9.17, 15) is 0 Å². The van der Waals surface area contributed by atoms with Gasteiger partial charge in [0.2, 0.25) is 0 Å². The highest BCUT2D eigenvalue weighted by atomic mass is 32.1. The number of thiophene rings is 2. The largest absolute Gasteiger partial charge is 0.338 e. The van der Waals surface area contributed by atoms with Gasteiger partial charge < -0.3 is 4.57 Å². The van der Waals surface area contributed by atoms with Crippen LogP contribution in [0.15, 0.2) is 72.8 Å². The van der Waals surface area contributed by atoms with Crippen molar-refractivity contribution in [2.24, 2.45) is 0 Å². The van der Waals surface area contributed by atoms with Crippen LogP contribution in [0.2, 0.25) is 0 Å².